The maximum atomic E-state index is 5.51. The van der Waals surface area contributed by atoms with Gasteiger partial charge in [-0.15, -0.1) is 0 Å². The van der Waals surface area contributed by atoms with Crippen LogP contribution in [0.5, 0.6) is 0 Å². The van der Waals surface area contributed by atoms with Crippen LogP contribution >= 0.6 is 15.9 Å². The van der Waals surface area contributed by atoms with Gasteiger partial charge in [0.1, 0.15) is 0 Å². The van der Waals surface area contributed by atoms with Gasteiger partial charge >= 0.3 is 0 Å². The number of halogens is 1. The molecule has 0 unspecified atom stereocenters. The van der Waals surface area contributed by atoms with Crippen LogP contribution in [-0.2, 0) is 6.54 Å². The minimum atomic E-state index is 0.475. The molecule has 4 heteroatoms. The van der Waals surface area contributed by atoms with Crippen LogP contribution in [0.3, 0.4) is 0 Å². The Morgan fingerprint density at radius 2 is 2.20 bits per heavy atom. The molecule has 0 bridgehead atoms. The van der Waals surface area contributed by atoms with Crippen LogP contribution in [0, 0.1) is 6.92 Å². The molecule has 1 aromatic heterocycles. The lowest BCUT2D eigenvalue weighted by atomic mass is 10.2. The Kier molecular flexibility index (Phi) is 2.88. The molecule has 2 N–H and O–H groups in total. The number of hydrogen-bond donors (Lipinski definition) is 1. The van der Waals surface area contributed by atoms with E-state index in [1.807, 2.05) is 29.1 Å². The second-order valence-corrected chi connectivity index (χ2v) is 4.24. The molecule has 0 spiro atoms. The molecule has 2 rings (SSSR count). The lowest BCUT2D eigenvalue weighted by Crippen LogP contribution is -2.00. The fraction of sp³-hybridized carbons (Fsp3) is 0.182. The van der Waals surface area contributed by atoms with Crippen LogP contribution in [-0.4, -0.2) is 9.78 Å². The Balaban J connectivity index is 2.40. The van der Waals surface area contributed by atoms with E-state index in [9.17, 15) is 0 Å². The van der Waals surface area contributed by atoms with E-state index in [-0.39, 0.29) is 0 Å². The smallest absolute Gasteiger partial charge is 0.0764 e. The molecular formula is C11H12BrN3. The summed E-state index contributed by atoms with van der Waals surface area (Å²) in [5.74, 6) is 0. The Hall–Kier alpha value is -1.13. The monoisotopic (exact) mass is 265 g/mol. The van der Waals surface area contributed by atoms with Crippen molar-refractivity contribution >= 4 is 15.9 Å². The standard InChI is InChI=1S/C11H12BrN3/c1-8-6-10(2-3-11(8)12)15-5-4-9(7-13)14-15/h2-6H,7,13H2,1H3. The van der Waals surface area contributed by atoms with Crippen LogP contribution in [0.25, 0.3) is 5.69 Å². The number of nitrogens with two attached hydrogens (primary N) is 1. The lowest BCUT2D eigenvalue weighted by molar-refractivity contribution is 0.832. The number of hydrogen-bond acceptors (Lipinski definition) is 2. The maximum Gasteiger partial charge on any atom is 0.0764 e. The first-order valence-electron chi connectivity index (χ1n) is 4.72. The van der Waals surface area contributed by atoms with Crippen molar-refractivity contribution in [3.05, 3.63) is 46.2 Å². The van der Waals surface area contributed by atoms with E-state index in [2.05, 4.69) is 34.0 Å². The van der Waals surface area contributed by atoms with Gasteiger partial charge in [-0.25, -0.2) is 4.68 Å². The molecule has 0 radical (unpaired) electrons. The van der Waals surface area contributed by atoms with Crippen molar-refractivity contribution in [3.63, 3.8) is 0 Å². The van der Waals surface area contributed by atoms with Gasteiger partial charge in [-0.05, 0) is 36.8 Å². The summed E-state index contributed by atoms with van der Waals surface area (Å²) in [6.07, 6.45) is 1.92. The maximum absolute atomic E-state index is 5.51. The van der Waals surface area contributed by atoms with Crippen molar-refractivity contribution in [1.29, 1.82) is 0 Å². The summed E-state index contributed by atoms with van der Waals surface area (Å²) >= 11 is 3.47. The topological polar surface area (TPSA) is 43.8 Å². The molecule has 0 amide bonds. The van der Waals surface area contributed by atoms with Gasteiger partial charge in [0.2, 0.25) is 0 Å². The lowest BCUT2D eigenvalue weighted by Gasteiger charge is -2.04. The number of aryl methyl sites for hydroxylation is 1. The molecule has 0 aliphatic rings. The zero-order valence-corrected chi connectivity index (χ0v) is 10.0. The molecule has 2 aromatic rings. The summed E-state index contributed by atoms with van der Waals surface area (Å²) in [6.45, 7) is 2.53. The molecule has 0 aliphatic heterocycles. The van der Waals surface area contributed by atoms with Gasteiger partial charge in [0.05, 0.1) is 11.4 Å². The van der Waals surface area contributed by atoms with Gasteiger partial charge in [0.25, 0.3) is 0 Å². The van der Waals surface area contributed by atoms with Crippen molar-refractivity contribution in [2.24, 2.45) is 5.73 Å². The van der Waals surface area contributed by atoms with Crippen molar-refractivity contribution in [2.45, 2.75) is 13.5 Å². The van der Waals surface area contributed by atoms with Gasteiger partial charge in [-0.3, -0.25) is 0 Å². The number of aromatic nitrogens is 2. The van der Waals surface area contributed by atoms with E-state index in [1.54, 1.807) is 0 Å². The van der Waals surface area contributed by atoms with Crippen LogP contribution in [0.1, 0.15) is 11.3 Å². The first-order chi connectivity index (χ1) is 7.20. The normalized spacial score (nSPS) is 10.6. The van der Waals surface area contributed by atoms with Crippen LogP contribution in [0.15, 0.2) is 34.9 Å². The van der Waals surface area contributed by atoms with Gasteiger partial charge in [-0.1, -0.05) is 15.9 Å². The minimum Gasteiger partial charge on any atom is -0.325 e. The van der Waals surface area contributed by atoms with Crippen LogP contribution in [0.4, 0.5) is 0 Å². The van der Waals surface area contributed by atoms with Gasteiger partial charge in [0.15, 0.2) is 0 Å². The molecule has 0 aliphatic carbocycles. The minimum absolute atomic E-state index is 0.475. The fourth-order valence-corrected chi connectivity index (χ4v) is 1.63. The van der Waals surface area contributed by atoms with E-state index < -0.39 is 0 Å². The number of rotatable bonds is 2. The first-order valence-corrected chi connectivity index (χ1v) is 5.51. The van der Waals surface area contributed by atoms with Crippen molar-refractivity contribution in [2.75, 3.05) is 0 Å². The molecule has 1 aromatic carbocycles. The first kappa shape index (κ1) is 10.4. The highest BCUT2D eigenvalue weighted by atomic mass is 79.9. The van der Waals surface area contributed by atoms with Crippen LogP contribution < -0.4 is 5.73 Å². The van der Waals surface area contributed by atoms with E-state index in [0.717, 1.165) is 15.9 Å². The quantitative estimate of drug-likeness (QED) is 0.907. The average molecular weight is 266 g/mol. The van der Waals surface area contributed by atoms with E-state index in [0.29, 0.717) is 6.54 Å². The predicted octanol–water partition coefficient (Wildman–Crippen LogP) is 2.40. The van der Waals surface area contributed by atoms with E-state index >= 15 is 0 Å². The predicted molar refractivity (Wildman–Crippen MR) is 63.9 cm³/mol. The fourth-order valence-electron chi connectivity index (χ4n) is 1.39. The third-order valence-electron chi connectivity index (χ3n) is 2.26. The largest absolute Gasteiger partial charge is 0.325 e. The highest BCUT2D eigenvalue weighted by molar-refractivity contribution is 9.10. The number of benzene rings is 1. The van der Waals surface area contributed by atoms with Gasteiger partial charge in [-0.2, -0.15) is 5.10 Å². The van der Waals surface area contributed by atoms with E-state index in [1.165, 1.54) is 5.56 Å². The molecular weight excluding hydrogens is 254 g/mol. The number of nitrogens with zero attached hydrogens (tertiary/aromatic N) is 2. The zero-order chi connectivity index (χ0) is 10.8. The third-order valence-corrected chi connectivity index (χ3v) is 3.15. The Bertz CT molecular complexity index is 476. The molecule has 3 nitrogen and oxygen atoms in total. The summed E-state index contributed by atoms with van der Waals surface area (Å²) in [6, 6.07) is 8.05. The Morgan fingerprint density at radius 3 is 2.80 bits per heavy atom. The Morgan fingerprint density at radius 1 is 1.40 bits per heavy atom. The second kappa shape index (κ2) is 4.16. The molecule has 1 heterocycles. The summed E-state index contributed by atoms with van der Waals surface area (Å²) < 4.78 is 2.94. The van der Waals surface area contributed by atoms with Gasteiger partial charge in [0, 0.05) is 17.2 Å². The van der Waals surface area contributed by atoms with Gasteiger partial charge < -0.3 is 5.73 Å². The van der Waals surface area contributed by atoms with Crippen molar-refractivity contribution in [3.8, 4) is 5.69 Å². The van der Waals surface area contributed by atoms with Crippen LogP contribution in [0.2, 0.25) is 0 Å². The summed E-state index contributed by atoms with van der Waals surface area (Å²) in [7, 11) is 0. The van der Waals surface area contributed by atoms with Crippen molar-refractivity contribution < 1.29 is 0 Å². The Labute approximate surface area is 97.0 Å². The average Bonchev–Trinajstić information content (AvgIpc) is 2.70. The highest BCUT2D eigenvalue weighted by Gasteiger charge is 2.01. The van der Waals surface area contributed by atoms with E-state index in [4.69, 9.17) is 5.73 Å². The molecule has 0 saturated heterocycles. The molecule has 78 valence electrons. The molecule has 0 fully saturated rings. The third kappa shape index (κ3) is 2.11. The molecule has 0 saturated carbocycles. The van der Waals surface area contributed by atoms with Crippen molar-refractivity contribution in [1.82, 2.24) is 9.78 Å². The zero-order valence-electron chi connectivity index (χ0n) is 8.44. The molecule has 0 atom stereocenters. The summed E-state index contributed by atoms with van der Waals surface area (Å²) in [5, 5.41) is 4.35. The molecule has 15 heavy (non-hydrogen) atoms. The summed E-state index contributed by atoms with van der Waals surface area (Å²) in [4.78, 5) is 0. The summed E-state index contributed by atoms with van der Waals surface area (Å²) in [5.41, 5.74) is 8.65. The highest BCUT2D eigenvalue weighted by Crippen LogP contribution is 2.19. The second-order valence-electron chi connectivity index (χ2n) is 3.39. The SMILES string of the molecule is Cc1cc(-n2ccc(CN)n2)ccc1Br.